The molecule has 2 rings (SSSR count). The summed E-state index contributed by atoms with van der Waals surface area (Å²) in [5.41, 5.74) is 1.28. The monoisotopic (exact) mass is 398 g/mol. The van der Waals surface area contributed by atoms with Gasteiger partial charge in [-0.25, -0.2) is 9.59 Å². The largest absolute Gasteiger partial charge is 0.503 e. The molecule has 1 aliphatic rings. The number of ether oxygens (including phenoxy) is 2. The molecule has 0 fully saturated rings. The molecule has 1 aromatic carbocycles. The Balaban J connectivity index is 2.53. The van der Waals surface area contributed by atoms with Crippen LogP contribution in [-0.2, 0) is 9.53 Å². The molecule has 1 heterocycles. The van der Waals surface area contributed by atoms with E-state index in [9.17, 15) is 14.7 Å². The van der Waals surface area contributed by atoms with E-state index in [-0.39, 0.29) is 17.6 Å². The first kappa shape index (κ1) is 18.1. The third-order valence-electron chi connectivity index (χ3n) is 3.44. The minimum atomic E-state index is -0.726. The van der Waals surface area contributed by atoms with Crippen molar-refractivity contribution in [2.45, 2.75) is 32.9 Å². The Labute approximate surface area is 148 Å². The van der Waals surface area contributed by atoms with E-state index in [0.717, 1.165) is 0 Å². The van der Waals surface area contributed by atoms with Gasteiger partial charge in [-0.05, 0) is 54.4 Å². The Kier molecular flexibility index (Phi) is 5.38. The zero-order chi connectivity index (χ0) is 18.0. The summed E-state index contributed by atoms with van der Waals surface area (Å²) in [6, 6.07) is 2.02. The molecule has 0 saturated heterocycles. The van der Waals surface area contributed by atoms with Crippen LogP contribution in [0.4, 0.5) is 4.79 Å². The van der Waals surface area contributed by atoms with Gasteiger partial charge in [-0.3, -0.25) is 0 Å². The van der Waals surface area contributed by atoms with Crippen LogP contribution < -0.4 is 15.4 Å². The maximum Gasteiger partial charge on any atom is 0.338 e. The average Bonchev–Trinajstić information content (AvgIpc) is 2.48. The number of phenolic OH excluding ortho intramolecular Hbond substituents is 1. The molecule has 0 unspecified atom stereocenters. The first-order valence-corrected chi connectivity index (χ1v) is 8.09. The number of rotatable bonds is 4. The van der Waals surface area contributed by atoms with E-state index >= 15 is 0 Å². The van der Waals surface area contributed by atoms with Gasteiger partial charge in [0.25, 0.3) is 0 Å². The van der Waals surface area contributed by atoms with Gasteiger partial charge >= 0.3 is 12.0 Å². The molecule has 1 atom stereocenters. The van der Waals surface area contributed by atoms with Gasteiger partial charge in [-0.2, -0.15) is 0 Å². The number of allylic oxidation sites excluding steroid dienone is 1. The molecule has 7 nitrogen and oxygen atoms in total. The molecule has 0 aliphatic carbocycles. The SMILES string of the molecule is COc1cc([C@@H]2NC(=O)NC(C)=C2C(=O)OC(C)C)cc(Br)c1O. The maximum atomic E-state index is 12.5. The number of benzene rings is 1. The number of amides is 2. The predicted molar refractivity (Wildman–Crippen MR) is 90.7 cm³/mol. The van der Waals surface area contributed by atoms with Crippen molar-refractivity contribution in [3.8, 4) is 11.5 Å². The molecule has 2 amide bonds. The van der Waals surface area contributed by atoms with Gasteiger partial charge in [0, 0.05) is 5.70 Å². The Morgan fingerprint density at radius 1 is 1.38 bits per heavy atom. The predicted octanol–water partition coefficient (Wildman–Crippen LogP) is 2.74. The lowest BCUT2D eigenvalue weighted by atomic mass is 9.95. The highest BCUT2D eigenvalue weighted by atomic mass is 79.9. The quantitative estimate of drug-likeness (QED) is 0.677. The summed E-state index contributed by atoms with van der Waals surface area (Å²) in [5.74, 6) is -0.363. The van der Waals surface area contributed by atoms with E-state index in [2.05, 4.69) is 26.6 Å². The lowest BCUT2D eigenvalue weighted by Crippen LogP contribution is -2.45. The number of phenols is 1. The zero-order valence-corrected chi connectivity index (χ0v) is 15.4. The van der Waals surface area contributed by atoms with Crippen LogP contribution in [0.5, 0.6) is 11.5 Å². The van der Waals surface area contributed by atoms with Crippen LogP contribution >= 0.6 is 15.9 Å². The molecule has 24 heavy (non-hydrogen) atoms. The molecule has 1 aliphatic heterocycles. The maximum absolute atomic E-state index is 12.5. The number of carbonyl (C=O) groups is 2. The Bertz CT molecular complexity index is 715. The molecule has 1 aromatic rings. The van der Waals surface area contributed by atoms with Crippen LogP contribution in [0.2, 0.25) is 0 Å². The highest BCUT2D eigenvalue weighted by Gasteiger charge is 2.33. The van der Waals surface area contributed by atoms with Crippen LogP contribution in [0.3, 0.4) is 0 Å². The number of hydrogen-bond acceptors (Lipinski definition) is 5. The van der Waals surface area contributed by atoms with Gasteiger partial charge in [0.15, 0.2) is 11.5 Å². The standard InChI is InChI=1S/C16H19BrN2O5/c1-7(2)24-15(21)12-8(3)18-16(22)19-13(12)9-5-10(17)14(20)11(6-9)23-4/h5-7,13,20H,1-4H3,(H2,18,19,22)/t13-/m0/s1. The van der Waals surface area contributed by atoms with Gasteiger partial charge in [0.2, 0.25) is 0 Å². The van der Waals surface area contributed by atoms with Crippen molar-refractivity contribution in [1.82, 2.24) is 10.6 Å². The molecule has 0 saturated carbocycles. The highest BCUT2D eigenvalue weighted by molar-refractivity contribution is 9.10. The minimum Gasteiger partial charge on any atom is -0.503 e. The number of methoxy groups -OCH3 is 1. The lowest BCUT2D eigenvalue weighted by Gasteiger charge is -2.29. The van der Waals surface area contributed by atoms with E-state index in [1.54, 1.807) is 32.9 Å². The number of esters is 1. The molecule has 0 bridgehead atoms. The smallest absolute Gasteiger partial charge is 0.338 e. The Morgan fingerprint density at radius 2 is 2.04 bits per heavy atom. The molecule has 0 spiro atoms. The van der Waals surface area contributed by atoms with Crippen LogP contribution in [0.15, 0.2) is 27.9 Å². The van der Waals surface area contributed by atoms with E-state index in [4.69, 9.17) is 9.47 Å². The fourth-order valence-corrected chi connectivity index (χ4v) is 2.87. The second-order valence-corrected chi connectivity index (χ2v) is 6.43. The number of hydrogen-bond donors (Lipinski definition) is 3. The summed E-state index contributed by atoms with van der Waals surface area (Å²) in [7, 11) is 1.42. The molecule has 0 radical (unpaired) electrons. The Hall–Kier alpha value is -2.22. The van der Waals surface area contributed by atoms with Crippen LogP contribution in [0, 0.1) is 0 Å². The van der Waals surface area contributed by atoms with Gasteiger partial charge in [-0.15, -0.1) is 0 Å². The average molecular weight is 399 g/mol. The van der Waals surface area contributed by atoms with E-state index in [0.29, 0.717) is 21.3 Å². The van der Waals surface area contributed by atoms with Gasteiger partial charge in [0.05, 0.1) is 29.3 Å². The van der Waals surface area contributed by atoms with Crippen LogP contribution in [0.25, 0.3) is 0 Å². The molecule has 130 valence electrons. The van der Waals surface area contributed by atoms with Crippen LogP contribution in [0.1, 0.15) is 32.4 Å². The van der Waals surface area contributed by atoms with Crippen molar-refractivity contribution in [2.75, 3.05) is 7.11 Å². The molecule has 8 heteroatoms. The van der Waals surface area contributed by atoms with E-state index in [1.165, 1.54) is 7.11 Å². The topological polar surface area (TPSA) is 96.9 Å². The highest BCUT2D eigenvalue weighted by Crippen LogP contribution is 2.39. The summed E-state index contributed by atoms with van der Waals surface area (Å²) < 4.78 is 10.8. The second-order valence-electron chi connectivity index (χ2n) is 5.58. The fraction of sp³-hybridized carbons (Fsp3) is 0.375. The second kappa shape index (κ2) is 7.12. The van der Waals surface area contributed by atoms with Gasteiger partial charge in [0.1, 0.15) is 0 Å². The van der Waals surface area contributed by atoms with Crippen LogP contribution in [-0.4, -0.2) is 30.3 Å². The summed E-state index contributed by atoms with van der Waals surface area (Å²) in [6.07, 6.45) is -0.294. The summed E-state index contributed by atoms with van der Waals surface area (Å²) >= 11 is 3.24. The van der Waals surface area contributed by atoms with Crippen molar-refractivity contribution < 1.29 is 24.2 Å². The van der Waals surface area contributed by atoms with Crippen molar-refractivity contribution >= 4 is 27.9 Å². The van der Waals surface area contributed by atoms with Gasteiger partial charge < -0.3 is 25.2 Å². The van der Waals surface area contributed by atoms with Crippen molar-refractivity contribution in [2.24, 2.45) is 0 Å². The van der Waals surface area contributed by atoms with E-state index in [1.807, 2.05) is 0 Å². The molecular weight excluding hydrogens is 380 g/mol. The fourth-order valence-electron chi connectivity index (χ4n) is 2.41. The number of halogens is 1. The molecular formula is C16H19BrN2O5. The summed E-state index contributed by atoms with van der Waals surface area (Å²) in [5, 5.41) is 15.2. The third-order valence-corrected chi connectivity index (χ3v) is 4.04. The first-order valence-electron chi connectivity index (χ1n) is 7.30. The Morgan fingerprint density at radius 3 is 2.62 bits per heavy atom. The summed E-state index contributed by atoms with van der Waals surface area (Å²) in [6.45, 7) is 5.13. The minimum absolute atomic E-state index is 0.0616. The van der Waals surface area contributed by atoms with Crippen molar-refractivity contribution in [3.63, 3.8) is 0 Å². The van der Waals surface area contributed by atoms with Gasteiger partial charge in [-0.1, -0.05) is 0 Å². The lowest BCUT2D eigenvalue weighted by molar-refractivity contribution is -0.143. The normalized spacial score (nSPS) is 17.4. The number of carbonyl (C=O) groups excluding carboxylic acids is 2. The zero-order valence-electron chi connectivity index (χ0n) is 13.8. The number of aromatic hydroxyl groups is 1. The first-order chi connectivity index (χ1) is 11.2. The molecule has 0 aromatic heterocycles. The van der Waals surface area contributed by atoms with Crippen molar-refractivity contribution in [1.29, 1.82) is 0 Å². The number of urea groups is 1. The van der Waals surface area contributed by atoms with Crippen molar-refractivity contribution in [3.05, 3.63) is 33.4 Å². The van der Waals surface area contributed by atoms with E-state index < -0.39 is 18.0 Å². The number of nitrogens with one attached hydrogen (secondary N) is 2. The molecule has 3 N–H and O–H groups in total. The third kappa shape index (κ3) is 3.64. The summed E-state index contributed by atoms with van der Waals surface area (Å²) in [4.78, 5) is 24.3.